The first-order chi connectivity index (χ1) is 8.20. The van der Waals surface area contributed by atoms with Gasteiger partial charge in [-0.1, -0.05) is 0 Å². The molecule has 0 saturated carbocycles. The Morgan fingerprint density at radius 3 is 2.67 bits per heavy atom. The predicted molar refractivity (Wildman–Crippen MR) is 60.7 cm³/mol. The minimum Gasteiger partial charge on any atom is -0.463 e. The number of alkyl carbamates (subject to hydrolysis) is 1. The van der Waals surface area contributed by atoms with E-state index >= 15 is 0 Å². The van der Waals surface area contributed by atoms with E-state index in [0.29, 0.717) is 0 Å². The fraction of sp³-hybridized carbons (Fsp3) is 0.818. The minimum absolute atomic E-state index is 0.0488. The van der Waals surface area contributed by atoms with E-state index < -0.39 is 35.8 Å². The van der Waals surface area contributed by atoms with Crippen molar-refractivity contribution in [2.24, 2.45) is 5.92 Å². The van der Waals surface area contributed by atoms with Crippen molar-refractivity contribution in [2.45, 2.75) is 38.6 Å². The fourth-order valence-electron chi connectivity index (χ4n) is 1.48. The summed E-state index contributed by atoms with van der Waals surface area (Å²) in [4.78, 5) is 22.3. The highest BCUT2D eigenvalue weighted by molar-refractivity contribution is 5.76. The number of rotatable bonds is 2. The molecule has 104 valence electrons. The average Bonchev–Trinajstić information content (AvgIpc) is 2.22. The van der Waals surface area contributed by atoms with Gasteiger partial charge in [-0.3, -0.25) is 0 Å². The molecule has 0 aromatic rings. The summed E-state index contributed by atoms with van der Waals surface area (Å²) in [6.45, 7) is 5.20. The second-order valence-corrected chi connectivity index (χ2v) is 5.21. The van der Waals surface area contributed by atoms with Crippen LogP contribution in [-0.2, 0) is 14.3 Å². The third kappa shape index (κ3) is 4.15. The SMILES string of the molecule is CC(C)(C)OC(=O)NC[C@@H]1COC(=O)[C@@H](O)[C@@H]1O. The zero-order chi connectivity index (χ0) is 13.9. The molecule has 1 aliphatic heterocycles. The van der Waals surface area contributed by atoms with Crippen molar-refractivity contribution in [3.63, 3.8) is 0 Å². The van der Waals surface area contributed by atoms with E-state index in [1.54, 1.807) is 20.8 Å². The molecule has 1 fully saturated rings. The standard InChI is InChI=1S/C11H19NO6/c1-11(2,3)18-10(16)12-4-6-5-17-9(15)8(14)7(6)13/h6-8,13-14H,4-5H2,1-3H3,(H,12,16)/t6-,7-,8+/m1/s1. The topological polar surface area (TPSA) is 105 Å². The van der Waals surface area contributed by atoms with Crippen LogP contribution in [0.2, 0.25) is 0 Å². The third-order valence-electron chi connectivity index (χ3n) is 2.40. The van der Waals surface area contributed by atoms with Gasteiger partial charge in [0.2, 0.25) is 0 Å². The molecule has 0 aromatic carbocycles. The largest absolute Gasteiger partial charge is 0.463 e. The highest BCUT2D eigenvalue weighted by Crippen LogP contribution is 2.16. The molecule has 0 aromatic heterocycles. The van der Waals surface area contributed by atoms with Crippen LogP contribution in [0.25, 0.3) is 0 Å². The first kappa shape index (κ1) is 14.7. The highest BCUT2D eigenvalue weighted by atomic mass is 16.6. The molecule has 1 heterocycles. The quantitative estimate of drug-likeness (QED) is 0.574. The zero-order valence-electron chi connectivity index (χ0n) is 10.7. The monoisotopic (exact) mass is 261 g/mol. The summed E-state index contributed by atoms with van der Waals surface area (Å²) in [6, 6.07) is 0. The molecular formula is C11H19NO6. The molecule has 0 spiro atoms. The van der Waals surface area contributed by atoms with Crippen molar-refractivity contribution in [3.05, 3.63) is 0 Å². The van der Waals surface area contributed by atoms with Gasteiger partial charge in [0.25, 0.3) is 0 Å². The molecule has 3 atom stereocenters. The van der Waals surface area contributed by atoms with E-state index in [9.17, 15) is 19.8 Å². The molecule has 1 rings (SSSR count). The molecule has 0 radical (unpaired) electrons. The van der Waals surface area contributed by atoms with Crippen molar-refractivity contribution >= 4 is 12.1 Å². The third-order valence-corrected chi connectivity index (χ3v) is 2.40. The first-order valence-electron chi connectivity index (χ1n) is 5.70. The van der Waals surface area contributed by atoms with Crippen LogP contribution in [0.4, 0.5) is 4.79 Å². The number of amides is 1. The van der Waals surface area contributed by atoms with Crippen molar-refractivity contribution in [2.75, 3.05) is 13.2 Å². The Bertz CT molecular complexity index is 324. The van der Waals surface area contributed by atoms with E-state index in [0.717, 1.165) is 0 Å². The lowest BCUT2D eigenvalue weighted by molar-refractivity contribution is -0.176. The lowest BCUT2D eigenvalue weighted by Gasteiger charge is -2.30. The molecule has 1 saturated heterocycles. The number of aliphatic hydroxyl groups excluding tert-OH is 2. The Morgan fingerprint density at radius 1 is 1.50 bits per heavy atom. The number of cyclic esters (lactones) is 1. The molecule has 0 unspecified atom stereocenters. The molecule has 18 heavy (non-hydrogen) atoms. The van der Waals surface area contributed by atoms with E-state index in [1.807, 2.05) is 0 Å². The van der Waals surface area contributed by atoms with Gasteiger partial charge in [0, 0.05) is 12.5 Å². The van der Waals surface area contributed by atoms with Crippen LogP contribution in [-0.4, -0.2) is 53.2 Å². The van der Waals surface area contributed by atoms with E-state index in [4.69, 9.17) is 4.74 Å². The van der Waals surface area contributed by atoms with Gasteiger partial charge in [-0.25, -0.2) is 9.59 Å². The minimum atomic E-state index is -1.57. The van der Waals surface area contributed by atoms with Crippen LogP contribution in [0.15, 0.2) is 0 Å². The summed E-state index contributed by atoms with van der Waals surface area (Å²) in [5.41, 5.74) is -0.610. The normalized spacial score (nSPS) is 28.5. The number of esters is 1. The van der Waals surface area contributed by atoms with Gasteiger partial charge in [0.1, 0.15) is 5.60 Å². The number of carbonyl (C=O) groups excluding carboxylic acids is 2. The van der Waals surface area contributed by atoms with Crippen LogP contribution >= 0.6 is 0 Å². The fourth-order valence-corrected chi connectivity index (χ4v) is 1.48. The second-order valence-electron chi connectivity index (χ2n) is 5.21. The Balaban J connectivity index is 2.40. The molecule has 3 N–H and O–H groups in total. The summed E-state index contributed by atoms with van der Waals surface area (Å²) in [7, 11) is 0. The van der Waals surface area contributed by atoms with Crippen LogP contribution in [0.1, 0.15) is 20.8 Å². The Labute approximate surface area is 105 Å². The average molecular weight is 261 g/mol. The van der Waals surface area contributed by atoms with Crippen molar-refractivity contribution in [3.8, 4) is 0 Å². The van der Waals surface area contributed by atoms with Gasteiger partial charge in [0.15, 0.2) is 6.10 Å². The molecule has 7 nitrogen and oxygen atoms in total. The van der Waals surface area contributed by atoms with Gasteiger partial charge in [0.05, 0.1) is 12.7 Å². The Hall–Kier alpha value is -1.34. The molecule has 1 amide bonds. The van der Waals surface area contributed by atoms with Crippen LogP contribution in [0.3, 0.4) is 0 Å². The summed E-state index contributed by atoms with van der Waals surface area (Å²) < 4.78 is 9.68. The summed E-state index contributed by atoms with van der Waals surface area (Å²) in [6.07, 6.45) is -3.44. The number of aliphatic hydroxyl groups is 2. The maximum Gasteiger partial charge on any atom is 0.407 e. The van der Waals surface area contributed by atoms with Gasteiger partial charge in [-0.15, -0.1) is 0 Å². The van der Waals surface area contributed by atoms with Crippen LogP contribution < -0.4 is 5.32 Å². The van der Waals surface area contributed by atoms with Gasteiger partial charge >= 0.3 is 12.1 Å². The van der Waals surface area contributed by atoms with Crippen molar-refractivity contribution in [1.29, 1.82) is 0 Å². The highest BCUT2D eigenvalue weighted by Gasteiger charge is 2.38. The zero-order valence-corrected chi connectivity index (χ0v) is 10.7. The number of carbonyl (C=O) groups is 2. The molecule has 0 aliphatic carbocycles. The maximum atomic E-state index is 11.4. The number of ether oxygens (including phenoxy) is 2. The predicted octanol–water partition coefficient (Wildman–Crippen LogP) is -0.594. The summed E-state index contributed by atoms with van der Waals surface area (Å²) in [5, 5.41) is 21.4. The smallest absolute Gasteiger partial charge is 0.407 e. The van der Waals surface area contributed by atoms with Crippen molar-refractivity contribution < 1.29 is 29.3 Å². The maximum absolute atomic E-state index is 11.4. The summed E-state index contributed by atoms with van der Waals surface area (Å²) >= 11 is 0. The first-order valence-corrected chi connectivity index (χ1v) is 5.70. The molecule has 1 aliphatic rings. The lowest BCUT2D eigenvalue weighted by Crippen LogP contribution is -2.51. The Morgan fingerprint density at radius 2 is 2.11 bits per heavy atom. The van der Waals surface area contributed by atoms with Gasteiger partial charge in [-0.05, 0) is 20.8 Å². The molecule has 7 heteroatoms. The molecular weight excluding hydrogens is 242 g/mol. The van der Waals surface area contributed by atoms with Gasteiger partial charge in [-0.2, -0.15) is 0 Å². The second kappa shape index (κ2) is 5.53. The Kier molecular flexibility index (Phi) is 4.53. The lowest BCUT2D eigenvalue weighted by atomic mass is 9.96. The summed E-state index contributed by atoms with van der Waals surface area (Å²) in [5.74, 6) is -1.40. The van der Waals surface area contributed by atoms with Crippen LogP contribution in [0, 0.1) is 5.92 Å². The van der Waals surface area contributed by atoms with E-state index in [1.165, 1.54) is 0 Å². The van der Waals surface area contributed by atoms with E-state index in [-0.39, 0.29) is 13.2 Å². The number of nitrogens with one attached hydrogen (secondary N) is 1. The number of hydrogen-bond acceptors (Lipinski definition) is 6. The molecule has 0 bridgehead atoms. The number of hydrogen-bond donors (Lipinski definition) is 3. The van der Waals surface area contributed by atoms with Crippen LogP contribution in [0.5, 0.6) is 0 Å². The van der Waals surface area contributed by atoms with Crippen molar-refractivity contribution in [1.82, 2.24) is 5.32 Å². The van der Waals surface area contributed by atoms with E-state index in [2.05, 4.69) is 10.1 Å². The van der Waals surface area contributed by atoms with Gasteiger partial charge < -0.3 is 25.0 Å².